The van der Waals surface area contributed by atoms with E-state index in [9.17, 15) is 18.0 Å². The third kappa shape index (κ3) is 5.84. The monoisotopic (exact) mass is 497 g/mol. The molecule has 0 spiro atoms. The molecule has 176 valence electrons. The van der Waals surface area contributed by atoms with Gasteiger partial charge < -0.3 is 10.6 Å². The number of benzene rings is 3. The first-order chi connectivity index (χ1) is 16.3. The maximum absolute atomic E-state index is 13.5. The van der Waals surface area contributed by atoms with Crippen molar-refractivity contribution in [2.75, 3.05) is 21.5 Å². The van der Waals surface area contributed by atoms with E-state index in [1.54, 1.807) is 61.5 Å². The van der Waals surface area contributed by atoms with Gasteiger partial charge in [0.1, 0.15) is 4.90 Å². The van der Waals surface area contributed by atoms with Crippen LogP contribution in [-0.4, -0.2) is 26.8 Å². The first kappa shape index (κ1) is 25.0. The van der Waals surface area contributed by atoms with E-state index < -0.39 is 15.9 Å². The second-order valence-corrected chi connectivity index (χ2v) is 9.48. The van der Waals surface area contributed by atoms with Gasteiger partial charge in [-0.3, -0.25) is 13.9 Å². The maximum Gasteiger partial charge on any atom is 0.266 e. The van der Waals surface area contributed by atoms with Gasteiger partial charge in [0.2, 0.25) is 5.91 Å². The Kier molecular flexibility index (Phi) is 8.09. The Balaban J connectivity index is 1.87. The van der Waals surface area contributed by atoms with Crippen LogP contribution in [0.15, 0.2) is 90.3 Å². The van der Waals surface area contributed by atoms with E-state index in [4.69, 9.17) is 11.6 Å². The van der Waals surface area contributed by atoms with Gasteiger partial charge in [-0.1, -0.05) is 42.8 Å². The Morgan fingerprint density at radius 2 is 1.59 bits per heavy atom. The molecule has 3 rings (SSSR count). The fourth-order valence-electron chi connectivity index (χ4n) is 3.10. The average molecular weight is 498 g/mol. The Morgan fingerprint density at radius 3 is 2.18 bits per heavy atom. The van der Waals surface area contributed by atoms with E-state index in [2.05, 4.69) is 17.2 Å². The van der Waals surface area contributed by atoms with Crippen molar-refractivity contribution in [3.8, 4) is 0 Å². The van der Waals surface area contributed by atoms with Gasteiger partial charge in [-0.25, -0.2) is 8.42 Å². The number of carbonyl (C=O) groups excluding carboxylic acids is 2. The lowest BCUT2D eigenvalue weighted by molar-refractivity contribution is -0.115. The first-order valence-corrected chi connectivity index (χ1v) is 12.3. The summed E-state index contributed by atoms with van der Waals surface area (Å²) in [6.45, 7) is 5.43. The van der Waals surface area contributed by atoms with Crippen LogP contribution in [0.5, 0.6) is 0 Å². The molecule has 0 unspecified atom stereocenters. The number of nitrogens with one attached hydrogen (secondary N) is 2. The molecule has 0 aromatic heterocycles. The van der Waals surface area contributed by atoms with Crippen molar-refractivity contribution in [2.45, 2.75) is 18.2 Å². The van der Waals surface area contributed by atoms with Gasteiger partial charge in [0, 0.05) is 23.4 Å². The van der Waals surface area contributed by atoms with E-state index in [1.165, 1.54) is 28.6 Å². The van der Waals surface area contributed by atoms with Gasteiger partial charge in [0.15, 0.2) is 0 Å². The zero-order chi connectivity index (χ0) is 24.7. The van der Waals surface area contributed by atoms with Gasteiger partial charge in [-0.2, -0.15) is 0 Å². The second-order valence-electron chi connectivity index (χ2n) is 7.24. The minimum absolute atomic E-state index is 0.00226. The van der Waals surface area contributed by atoms with Crippen molar-refractivity contribution in [3.05, 3.63) is 96.0 Å². The molecule has 0 aliphatic heterocycles. The summed E-state index contributed by atoms with van der Waals surface area (Å²) in [5.41, 5.74) is 1.66. The number of nitrogens with zero attached hydrogens (tertiary/aromatic N) is 1. The number of rotatable bonds is 9. The van der Waals surface area contributed by atoms with Crippen molar-refractivity contribution in [1.29, 1.82) is 0 Å². The standard InChI is InChI=1S/C25H24ClN3O4S/c1-3-16-29(21-8-6-5-7-9-21)34(32,33)23-17-18(10-15-22(23)26)25(31)28-20-13-11-19(12-14-20)27-24(30)4-2/h3,5-15,17H,1,4,16H2,2H3,(H,27,30)(H,28,31). The van der Waals surface area contributed by atoms with Crippen molar-refractivity contribution < 1.29 is 18.0 Å². The van der Waals surface area contributed by atoms with Gasteiger partial charge >= 0.3 is 0 Å². The number of carbonyl (C=O) groups is 2. The van der Waals surface area contributed by atoms with E-state index in [1.807, 2.05) is 0 Å². The highest BCUT2D eigenvalue weighted by atomic mass is 35.5. The van der Waals surface area contributed by atoms with E-state index in [-0.39, 0.29) is 27.9 Å². The molecule has 0 bridgehead atoms. The zero-order valence-corrected chi connectivity index (χ0v) is 20.1. The predicted octanol–water partition coefficient (Wildman–Crippen LogP) is 5.32. The molecule has 0 aliphatic carbocycles. The summed E-state index contributed by atoms with van der Waals surface area (Å²) in [5, 5.41) is 5.44. The summed E-state index contributed by atoms with van der Waals surface area (Å²) < 4.78 is 28.1. The molecule has 9 heteroatoms. The summed E-state index contributed by atoms with van der Waals surface area (Å²) >= 11 is 6.25. The number of halogens is 1. The summed E-state index contributed by atoms with van der Waals surface area (Å²) in [7, 11) is -4.09. The molecule has 0 heterocycles. The summed E-state index contributed by atoms with van der Waals surface area (Å²) in [6, 6.07) is 19.2. The molecule has 0 saturated carbocycles. The Morgan fingerprint density at radius 1 is 0.971 bits per heavy atom. The van der Waals surface area contributed by atoms with Crippen LogP contribution >= 0.6 is 11.6 Å². The lowest BCUT2D eigenvalue weighted by Crippen LogP contribution is -2.31. The Labute approximate surface area is 204 Å². The Hall–Kier alpha value is -3.62. The van der Waals surface area contributed by atoms with E-state index in [0.717, 1.165) is 0 Å². The zero-order valence-electron chi connectivity index (χ0n) is 18.5. The fourth-order valence-corrected chi connectivity index (χ4v) is 5.04. The normalized spacial score (nSPS) is 10.9. The van der Waals surface area contributed by atoms with E-state index >= 15 is 0 Å². The van der Waals surface area contributed by atoms with Crippen LogP contribution in [0.1, 0.15) is 23.7 Å². The molecule has 0 saturated heterocycles. The van der Waals surface area contributed by atoms with Crippen LogP contribution in [0.2, 0.25) is 5.02 Å². The average Bonchev–Trinajstić information content (AvgIpc) is 2.84. The van der Waals surface area contributed by atoms with Crippen molar-refractivity contribution in [2.24, 2.45) is 0 Å². The number of para-hydroxylation sites is 1. The molecule has 0 atom stereocenters. The molecule has 2 N–H and O–H groups in total. The number of anilines is 3. The minimum atomic E-state index is -4.09. The first-order valence-electron chi connectivity index (χ1n) is 10.5. The van der Waals surface area contributed by atoms with Crippen molar-refractivity contribution in [3.63, 3.8) is 0 Å². The highest BCUT2D eigenvalue weighted by Gasteiger charge is 2.27. The molecule has 34 heavy (non-hydrogen) atoms. The molecular formula is C25H24ClN3O4S. The minimum Gasteiger partial charge on any atom is -0.326 e. The van der Waals surface area contributed by atoms with Gasteiger partial charge in [-0.15, -0.1) is 6.58 Å². The number of hydrogen-bond acceptors (Lipinski definition) is 4. The number of hydrogen-bond donors (Lipinski definition) is 2. The van der Waals surface area contributed by atoms with Crippen LogP contribution in [0.25, 0.3) is 0 Å². The molecule has 7 nitrogen and oxygen atoms in total. The fraction of sp³-hybridized carbons (Fsp3) is 0.120. The summed E-state index contributed by atoms with van der Waals surface area (Å²) in [5.74, 6) is -0.624. The quantitative estimate of drug-likeness (QED) is 0.391. The SMILES string of the molecule is C=CCN(c1ccccc1)S(=O)(=O)c1cc(C(=O)Nc2ccc(NC(=O)CC)cc2)ccc1Cl. The topological polar surface area (TPSA) is 95.6 Å². The molecule has 0 aliphatic rings. The van der Waals surface area contributed by atoms with E-state index in [0.29, 0.717) is 23.5 Å². The highest BCUT2D eigenvalue weighted by Crippen LogP contribution is 2.29. The van der Waals surface area contributed by atoms with Crippen molar-refractivity contribution >= 4 is 50.5 Å². The lowest BCUT2D eigenvalue weighted by Gasteiger charge is -2.24. The van der Waals surface area contributed by atoms with Crippen LogP contribution in [0.4, 0.5) is 17.1 Å². The largest absolute Gasteiger partial charge is 0.326 e. The van der Waals surface area contributed by atoms with Crippen LogP contribution in [0.3, 0.4) is 0 Å². The molecule has 3 aromatic carbocycles. The molecule has 0 fully saturated rings. The number of amides is 2. The highest BCUT2D eigenvalue weighted by molar-refractivity contribution is 7.93. The van der Waals surface area contributed by atoms with Gasteiger partial charge in [0.05, 0.1) is 17.3 Å². The van der Waals surface area contributed by atoms with Crippen LogP contribution < -0.4 is 14.9 Å². The van der Waals surface area contributed by atoms with Gasteiger partial charge in [0.25, 0.3) is 15.9 Å². The second kappa shape index (κ2) is 11.0. The predicted molar refractivity (Wildman–Crippen MR) is 136 cm³/mol. The smallest absolute Gasteiger partial charge is 0.266 e. The third-order valence-corrected chi connectivity index (χ3v) is 7.12. The van der Waals surface area contributed by atoms with Crippen molar-refractivity contribution in [1.82, 2.24) is 0 Å². The third-order valence-electron chi connectivity index (χ3n) is 4.85. The molecule has 3 aromatic rings. The number of sulfonamides is 1. The molecule has 0 radical (unpaired) electrons. The lowest BCUT2D eigenvalue weighted by atomic mass is 10.2. The molecular weight excluding hydrogens is 474 g/mol. The summed E-state index contributed by atoms with van der Waals surface area (Å²) in [6.07, 6.45) is 1.83. The Bertz CT molecular complexity index is 1290. The van der Waals surface area contributed by atoms with Crippen LogP contribution in [0, 0.1) is 0 Å². The maximum atomic E-state index is 13.5. The van der Waals surface area contributed by atoms with Gasteiger partial charge in [-0.05, 0) is 54.6 Å². The molecule has 2 amide bonds. The van der Waals surface area contributed by atoms with Crippen LogP contribution in [-0.2, 0) is 14.8 Å². The summed E-state index contributed by atoms with van der Waals surface area (Å²) in [4.78, 5) is 24.1.